The Morgan fingerprint density at radius 2 is 2.36 bits per heavy atom. The number of aromatic nitrogens is 2. The minimum absolute atomic E-state index is 0.241. The summed E-state index contributed by atoms with van der Waals surface area (Å²) in [7, 11) is 4.03. The van der Waals surface area contributed by atoms with Gasteiger partial charge in [-0.05, 0) is 13.0 Å². The summed E-state index contributed by atoms with van der Waals surface area (Å²) in [4.78, 5) is 6.42. The molecule has 4 heteroatoms. The zero-order valence-corrected chi connectivity index (χ0v) is 9.14. The first-order valence-corrected chi connectivity index (χ1v) is 4.89. The lowest BCUT2D eigenvalue weighted by atomic mass is 10.2. The van der Waals surface area contributed by atoms with Gasteiger partial charge in [-0.25, -0.2) is 4.98 Å². The van der Waals surface area contributed by atoms with Crippen molar-refractivity contribution in [1.82, 2.24) is 14.5 Å². The summed E-state index contributed by atoms with van der Waals surface area (Å²) in [5.74, 6) is 1.37. The van der Waals surface area contributed by atoms with E-state index in [2.05, 4.69) is 9.88 Å². The quantitative estimate of drug-likeness (QED) is 0.746. The number of rotatable bonds is 5. The molecule has 0 aliphatic heterocycles. The van der Waals surface area contributed by atoms with Crippen LogP contribution < -0.4 is 0 Å². The van der Waals surface area contributed by atoms with Crippen LogP contribution in [0, 0.1) is 5.92 Å². The molecule has 0 bridgehead atoms. The molecule has 1 aromatic rings. The van der Waals surface area contributed by atoms with Gasteiger partial charge in [-0.3, -0.25) is 4.90 Å². The fourth-order valence-corrected chi connectivity index (χ4v) is 1.44. The Hall–Kier alpha value is -0.870. The summed E-state index contributed by atoms with van der Waals surface area (Å²) in [6.45, 7) is 4.00. The summed E-state index contributed by atoms with van der Waals surface area (Å²) in [6.07, 6.45) is 3.75. The molecule has 0 radical (unpaired) electrons. The maximum absolute atomic E-state index is 8.92. The van der Waals surface area contributed by atoms with Gasteiger partial charge >= 0.3 is 0 Å². The molecule has 0 aliphatic rings. The fourth-order valence-electron chi connectivity index (χ4n) is 1.44. The average molecular weight is 197 g/mol. The van der Waals surface area contributed by atoms with Crippen molar-refractivity contribution in [3.05, 3.63) is 18.2 Å². The highest BCUT2D eigenvalue weighted by atomic mass is 16.3. The Kier molecular flexibility index (Phi) is 4.10. The molecule has 1 N–H and O–H groups in total. The second-order valence-corrected chi connectivity index (χ2v) is 3.94. The van der Waals surface area contributed by atoms with Crippen molar-refractivity contribution in [2.75, 3.05) is 20.2 Å². The van der Waals surface area contributed by atoms with Gasteiger partial charge in [-0.2, -0.15) is 0 Å². The Labute approximate surface area is 85.2 Å². The van der Waals surface area contributed by atoms with Crippen LogP contribution in [0.15, 0.2) is 12.4 Å². The Bertz CT molecular complexity index is 272. The Balaban J connectivity index is 2.41. The van der Waals surface area contributed by atoms with E-state index in [4.69, 9.17) is 5.11 Å². The number of hydrogen-bond acceptors (Lipinski definition) is 3. The van der Waals surface area contributed by atoms with Gasteiger partial charge in [0.15, 0.2) is 0 Å². The van der Waals surface area contributed by atoms with Crippen LogP contribution >= 0.6 is 0 Å². The second-order valence-electron chi connectivity index (χ2n) is 3.94. The van der Waals surface area contributed by atoms with E-state index in [1.54, 1.807) is 6.20 Å². The SMILES string of the molecule is CC(CO)CN(C)Cc1nccn1C. The number of aliphatic hydroxyl groups is 1. The first kappa shape index (κ1) is 11.2. The van der Waals surface area contributed by atoms with Crippen molar-refractivity contribution in [3.8, 4) is 0 Å². The van der Waals surface area contributed by atoms with E-state index in [9.17, 15) is 0 Å². The Morgan fingerprint density at radius 1 is 1.64 bits per heavy atom. The summed E-state index contributed by atoms with van der Waals surface area (Å²) in [5.41, 5.74) is 0. The molecule has 0 spiro atoms. The Morgan fingerprint density at radius 3 is 2.86 bits per heavy atom. The molecule has 1 rings (SSSR count). The predicted molar refractivity (Wildman–Crippen MR) is 55.8 cm³/mol. The van der Waals surface area contributed by atoms with Crippen LogP contribution in [0.25, 0.3) is 0 Å². The van der Waals surface area contributed by atoms with E-state index < -0.39 is 0 Å². The molecule has 0 aliphatic carbocycles. The number of hydrogen-bond donors (Lipinski definition) is 1. The van der Waals surface area contributed by atoms with E-state index >= 15 is 0 Å². The van der Waals surface area contributed by atoms with Crippen LogP contribution in [-0.4, -0.2) is 39.8 Å². The molecule has 1 aromatic heterocycles. The van der Waals surface area contributed by atoms with E-state index in [0.29, 0.717) is 5.92 Å². The van der Waals surface area contributed by atoms with Crippen molar-refractivity contribution in [2.45, 2.75) is 13.5 Å². The van der Waals surface area contributed by atoms with Crippen molar-refractivity contribution in [2.24, 2.45) is 13.0 Å². The fraction of sp³-hybridized carbons (Fsp3) is 0.700. The third kappa shape index (κ3) is 3.12. The highest BCUT2D eigenvalue weighted by molar-refractivity contribution is 4.90. The van der Waals surface area contributed by atoms with Crippen molar-refractivity contribution in [1.29, 1.82) is 0 Å². The third-order valence-electron chi connectivity index (χ3n) is 2.27. The van der Waals surface area contributed by atoms with Crippen LogP contribution in [0.3, 0.4) is 0 Å². The molecule has 14 heavy (non-hydrogen) atoms. The molecule has 4 nitrogen and oxygen atoms in total. The first-order chi connectivity index (χ1) is 6.63. The van der Waals surface area contributed by atoms with Gasteiger partial charge in [-0.15, -0.1) is 0 Å². The highest BCUT2D eigenvalue weighted by Crippen LogP contribution is 2.02. The van der Waals surface area contributed by atoms with E-state index in [1.807, 2.05) is 31.8 Å². The molecule has 0 aromatic carbocycles. The van der Waals surface area contributed by atoms with Gasteiger partial charge in [0.2, 0.25) is 0 Å². The standard InChI is InChI=1S/C10H19N3O/c1-9(8-14)6-12(2)7-10-11-4-5-13(10)3/h4-5,9,14H,6-8H2,1-3H3. The smallest absolute Gasteiger partial charge is 0.122 e. The molecule has 0 saturated carbocycles. The normalized spacial score (nSPS) is 13.5. The van der Waals surface area contributed by atoms with Gasteiger partial charge in [0, 0.05) is 32.6 Å². The molecule has 80 valence electrons. The maximum atomic E-state index is 8.92. The van der Waals surface area contributed by atoms with Gasteiger partial charge in [-0.1, -0.05) is 6.92 Å². The summed E-state index contributed by atoms with van der Waals surface area (Å²) in [5, 5.41) is 8.92. The zero-order valence-electron chi connectivity index (χ0n) is 9.14. The van der Waals surface area contributed by atoms with E-state index in [0.717, 1.165) is 18.9 Å². The van der Waals surface area contributed by atoms with Gasteiger partial charge < -0.3 is 9.67 Å². The van der Waals surface area contributed by atoms with Gasteiger partial charge in [0.1, 0.15) is 5.82 Å². The zero-order chi connectivity index (χ0) is 10.6. The largest absolute Gasteiger partial charge is 0.396 e. The predicted octanol–water partition coefficient (Wildman–Crippen LogP) is 0.480. The monoisotopic (exact) mass is 197 g/mol. The van der Waals surface area contributed by atoms with Crippen LogP contribution in [0.4, 0.5) is 0 Å². The van der Waals surface area contributed by atoms with Crippen molar-refractivity contribution < 1.29 is 5.11 Å². The average Bonchev–Trinajstić information content (AvgIpc) is 2.51. The van der Waals surface area contributed by atoms with Crippen molar-refractivity contribution in [3.63, 3.8) is 0 Å². The van der Waals surface area contributed by atoms with E-state index in [-0.39, 0.29) is 6.61 Å². The summed E-state index contributed by atoms with van der Waals surface area (Å²) in [6, 6.07) is 0. The number of aliphatic hydroxyl groups excluding tert-OH is 1. The molecule has 0 amide bonds. The second kappa shape index (κ2) is 5.12. The third-order valence-corrected chi connectivity index (χ3v) is 2.27. The summed E-state index contributed by atoms with van der Waals surface area (Å²) >= 11 is 0. The minimum atomic E-state index is 0.241. The number of imidazole rings is 1. The molecule has 1 atom stereocenters. The van der Waals surface area contributed by atoms with Crippen LogP contribution in [0.1, 0.15) is 12.7 Å². The highest BCUT2D eigenvalue weighted by Gasteiger charge is 2.07. The van der Waals surface area contributed by atoms with Gasteiger partial charge in [0.05, 0.1) is 6.54 Å². The van der Waals surface area contributed by atoms with E-state index in [1.165, 1.54) is 0 Å². The molecular formula is C10H19N3O. The molecule has 0 saturated heterocycles. The molecule has 1 heterocycles. The van der Waals surface area contributed by atoms with Crippen LogP contribution in [-0.2, 0) is 13.6 Å². The van der Waals surface area contributed by atoms with Crippen molar-refractivity contribution >= 4 is 0 Å². The minimum Gasteiger partial charge on any atom is -0.396 e. The number of nitrogens with zero attached hydrogens (tertiary/aromatic N) is 3. The van der Waals surface area contributed by atoms with Crippen LogP contribution in [0.2, 0.25) is 0 Å². The first-order valence-electron chi connectivity index (χ1n) is 4.89. The molecular weight excluding hydrogens is 178 g/mol. The lowest BCUT2D eigenvalue weighted by molar-refractivity contribution is 0.185. The van der Waals surface area contributed by atoms with Gasteiger partial charge in [0.25, 0.3) is 0 Å². The summed E-state index contributed by atoms with van der Waals surface area (Å²) < 4.78 is 2.01. The molecule has 0 fully saturated rings. The van der Waals surface area contributed by atoms with Crippen LogP contribution in [0.5, 0.6) is 0 Å². The lowest BCUT2D eigenvalue weighted by Crippen LogP contribution is -2.26. The molecule has 1 unspecified atom stereocenters. The lowest BCUT2D eigenvalue weighted by Gasteiger charge is -2.19. The number of aryl methyl sites for hydroxylation is 1. The topological polar surface area (TPSA) is 41.3 Å². The maximum Gasteiger partial charge on any atom is 0.122 e.